The number of nitrogens with one attached hydrogen (secondary N) is 8. The van der Waals surface area contributed by atoms with E-state index in [2.05, 4.69) is 111 Å². The molecule has 1 unspecified atom stereocenters. The number of piperazine rings is 1. The van der Waals surface area contributed by atoms with E-state index in [4.69, 9.17) is 37.7 Å². The third kappa shape index (κ3) is 28.3. The summed E-state index contributed by atoms with van der Waals surface area (Å²) in [6.45, 7) is 20.8. The Morgan fingerprint density at radius 2 is 0.985 bits per heavy atom. The highest BCUT2D eigenvalue weighted by Gasteiger charge is 2.39. The van der Waals surface area contributed by atoms with E-state index in [0.29, 0.717) is 90.4 Å². The summed E-state index contributed by atoms with van der Waals surface area (Å²) in [4.78, 5) is 64.9. The van der Waals surface area contributed by atoms with Gasteiger partial charge >= 0.3 is 12.4 Å². The normalized spacial score (nSPS) is 15.2. The Morgan fingerprint density at radius 1 is 0.507 bits per heavy atom. The number of halogens is 8. The summed E-state index contributed by atoms with van der Waals surface area (Å²) < 4.78 is 141. The summed E-state index contributed by atoms with van der Waals surface area (Å²) in [5.41, 5.74) is 3.40. The molecule has 8 N–H and O–H groups in total. The molecular weight excluding hydrogens is 1870 g/mol. The number of piperidine rings is 1. The van der Waals surface area contributed by atoms with Crippen molar-refractivity contribution in [2.45, 2.75) is 75.2 Å². The molecule has 7 aromatic carbocycles. The molecule has 2 aliphatic heterocycles. The number of rotatable bonds is 28. The number of non-ortho nitro benzene ring substituents is 1. The molecule has 7 heterocycles. The fraction of sp³-hybridized carbons (Fsp3) is 0.315. The molecular formula is C92H104Cl2F6N20O9P4S. The molecule has 2 saturated heterocycles. The summed E-state index contributed by atoms with van der Waals surface area (Å²) >= 11 is 14.3. The van der Waals surface area contributed by atoms with Gasteiger partial charge in [0, 0.05) is 142 Å². The first kappa shape index (κ1) is 101. The van der Waals surface area contributed by atoms with Crippen LogP contribution in [-0.4, -0.2) is 192 Å². The molecule has 0 bridgehead atoms. The summed E-state index contributed by atoms with van der Waals surface area (Å²) in [5, 5.41) is 39.5. The van der Waals surface area contributed by atoms with E-state index < -0.39 is 62.8 Å². The number of methoxy groups -OCH3 is 2. The summed E-state index contributed by atoms with van der Waals surface area (Å²) in [7, 11) is -4.06. The second kappa shape index (κ2) is 44.7. The minimum Gasteiger partial charge on any atom is -0.495 e. The average Bonchev–Trinajstić information content (AvgIpc) is 0.959. The molecule has 134 heavy (non-hydrogen) atoms. The number of benzene rings is 7. The van der Waals surface area contributed by atoms with Gasteiger partial charge in [0.15, 0.2) is 17.4 Å². The molecule has 42 heteroatoms. The van der Waals surface area contributed by atoms with Crippen molar-refractivity contribution in [2.24, 2.45) is 0 Å². The number of nitro benzene ring substituents is 1. The Labute approximate surface area is 787 Å². The van der Waals surface area contributed by atoms with Crippen LogP contribution in [0.4, 0.5) is 119 Å². The van der Waals surface area contributed by atoms with Gasteiger partial charge < -0.3 is 80.1 Å². The smallest absolute Gasteiger partial charge is 0.421 e. The molecule has 12 aromatic rings. The van der Waals surface area contributed by atoms with Crippen LogP contribution in [-0.2, 0) is 37.2 Å². The average molecular weight is 1970 g/mol. The van der Waals surface area contributed by atoms with Crippen molar-refractivity contribution in [3.63, 3.8) is 0 Å². The van der Waals surface area contributed by atoms with Crippen molar-refractivity contribution in [1.29, 1.82) is 0 Å². The third-order valence-corrected chi connectivity index (χ3v) is 30.4. The van der Waals surface area contributed by atoms with Crippen molar-refractivity contribution in [3.8, 4) is 11.5 Å². The largest absolute Gasteiger partial charge is 0.495 e. The van der Waals surface area contributed by atoms with Gasteiger partial charge in [-0.3, -0.25) is 19.8 Å². The van der Waals surface area contributed by atoms with Crippen LogP contribution in [0.5, 0.6) is 11.5 Å². The number of alkyl halides is 6. The Balaban J connectivity index is 0.000000162. The fourth-order valence-corrected chi connectivity index (χ4v) is 20.3. The minimum atomic E-state index is -4.72. The van der Waals surface area contributed by atoms with E-state index in [1.165, 1.54) is 81.5 Å². The van der Waals surface area contributed by atoms with Gasteiger partial charge in [-0.1, -0.05) is 84.6 Å². The van der Waals surface area contributed by atoms with Crippen LogP contribution in [0.25, 0.3) is 0 Å². The number of hydrogen-bond donors (Lipinski definition) is 8. The lowest BCUT2D eigenvalue weighted by Gasteiger charge is -2.42. The van der Waals surface area contributed by atoms with Crippen molar-refractivity contribution in [1.82, 2.24) is 49.7 Å². The van der Waals surface area contributed by atoms with E-state index in [1.807, 2.05) is 61.2 Å². The highest BCUT2D eigenvalue weighted by molar-refractivity contribution is 7.70. The number of carbonyl (C=O) groups is 1. The molecule has 1 aliphatic carbocycles. The van der Waals surface area contributed by atoms with Gasteiger partial charge in [0.25, 0.3) is 5.69 Å². The number of ether oxygens (including phenoxy) is 2. The van der Waals surface area contributed by atoms with Crippen LogP contribution in [0, 0.1) is 10.1 Å². The van der Waals surface area contributed by atoms with Crippen LogP contribution in [0.3, 0.4) is 0 Å². The van der Waals surface area contributed by atoms with E-state index >= 15 is 0 Å². The number of aromatic nitrogens is 8. The van der Waals surface area contributed by atoms with Crippen LogP contribution in [0.15, 0.2) is 206 Å². The fourth-order valence-electron chi connectivity index (χ4n) is 14.9. The van der Waals surface area contributed by atoms with E-state index in [1.54, 1.807) is 150 Å². The lowest BCUT2D eigenvalue weighted by Crippen LogP contribution is -2.52. The van der Waals surface area contributed by atoms with Gasteiger partial charge in [0.05, 0.1) is 62.3 Å². The number of carbonyl (C=O) groups excluding carboxylic acids is 1. The van der Waals surface area contributed by atoms with Gasteiger partial charge in [-0.2, -0.15) is 46.3 Å². The molecule has 5 aromatic heterocycles. The first-order valence-corrected chi connectivity index (χ1v) is 54.6. The Hall–Kier alpha value is -11.6. The number of likely N-dealkylation sites (N-methyl/N-ethyl adjacent to an activating group) is 1. The van der Waals surface area contributed by atoms with Crippen molar-refractivity contribution < 1.29 is 63.8 Å². The zero-order valence-corrected chi connectivity index (χ0v) is 81.2. The lowest BCUT2D eigenvalue weighted by atomic mass is 9.95. The van der Waals surface area contributed by atoms with E-state index in [0.717, 1.165) is 73.4 Å². The maximum absolute atomic E-state index is 13.4. The van der Waals surface area contributed by atoms with Crippen molar-refractivity contribution in [2.75, 3.05) is 161 Å². The monoisotopic (exact) mass is 1970 g/mol. The number of para-hydroxylation sites is 1. The summed E-state index contributed by atoms with van der Waals surface area (Å²) in [5.74, 6) is 1.89. The van der Waals surface area contributed by atoms with Crippen LogP contribution >= 0.6 is 63.1 Å². The number of anilines is 15. The van der Waals surface area contributed by atoms with Crippen LogP contribution < -0.4 is 72.8 Å². The molecule has 0 amide bonds. The predicted octanol–water partition coefficient (Wildman–Crippen LogP) is 21.8. The molecule has 0 radical (unpaired) electrons. The standard InChI is InChI=1S/C29H45ClN7O2P.C26H24ClN4O3P.C19H17F3N5O3P.C18H18F3N4OPS/c1-35-15-17-37(18-16-35)21-11-13-36(14-12-21)22-9-10-24(26(19-22)39-2)33-29-31-20-23(30)28(34-29)32-25-7-5-6-8-27(25)40(3,4)38;1-34-23-15-18(35(2,3)33)13-14-22(23)30-26-28-16-20(27)25(31-26)29-21-12-8-7-11-19(21)24(32)17-9-5-4-6-10-17;1-31(2,30)15-9-5-13(6-10-15)25-18-23-11-16(19(20,21)22)17(26-18)24-12-3-7-14(8-4-12)27(28)29;1-27(2,26)13-7-5-12(6-8-13)24-17-23-11-15(18(19,20)21)16(25-17)22-10-14-4-3-9-28-14/h9-10,19-21,25,27H,5-8,11-18H2,1-4H3,(H2,31,32,33,34);4-16H,1-3H3,(H2,28,29,30,31);3-11H,1-2H3,(H2,23,24,25,26);3-9,11H,10H2,1-2H3,(H2,22,23,24,25)/t25-,27?;;;/m0.../s1. The van der Waals surface area contributed by atoms with E-state index in [9.17, 15) is 59.5 Å². The number of ketones is 1. The van der Waals surface area contributed by atoms with Gasteiger partial charge in [-0.05, 0) is 201 Å². The molecule has 15 rings (SSSR count). The molecule has 3 fully saturated rings. The Morgan fingerprint density at radius 3 is 1.52 bits per heavy atom. The van der Waals surface area contributed by atoms with Crippen LogP contribution in [0.1, 0.15) is 70.5 Å². The highest BCUT2D eigenvalue weighted by Crippen LogP contribution is 2.51. The quantitative estimate of drug-likeness (QED) is 0.00742. The number of thiophene rings is 1. The predicted molar refractivity (Wildman–Crippen MR) is 528 cm³/mol. The molecule has 2 atom stereocenters. The summed E-state index contributed by atoms with van der Waals surface area (Å²) in [6, 6.07) is 50.5. The van der Waals surface area contributed by atoms with Crippen molar-refractivity contribution >= 4 is 177 Å². The topological polar surface area (TPSA) is 356 Å². The summed E-state index contributed by atoms with van der Waals surface area (Å²) in [6.07, 6.45) is 1.72. The van der Waals surface area contributed by atoms with Gasteiger partial charge in [0.1, 0.15) is 65.7 Å². The molecule has 3 aliphatic rings. The van der Waals surface area contributed by atoms with Gasteiger partial charge in [-0.25, -0.2) is 19.9 Å². The molecule has 0 spiro atoms. The molecule has 1 saturated carbocycles. The molecule has 708 valence electrons. The number of nitro groups is 1. The zero-order valence-electron chi connectivity index (χ0n) is 75.3. The van der Waals surface area contributed by atoms with E-state index in [-0.39, 0.29) is 64.1 Å². The maximum atomic E-state index is 13.4. The van der Waals surface area contributed by atoms with Gasteiger partial charge in [0.2, 0.25) is 23.8 Å². The SMILES string of the molecule is COc1cc(N2CCC(N3CCN(C)CC3)CC2)ccc1Nc1ncc(Cl)c(N[C@H]2CCCCC2P(C)(C)=O)n1.COc1cc(P(C)(C)=O)ccc1Nc1ncc(Cl)c(Nc2ccccc2C(=O)c2ccccc2)n1.CP(C)(=O)c1ccc(Nc2ncc(C(F)(F)F)c(NCc3cccs3)n2)cc1.CP(C)(=O)c1ccc(Nc2ncc(C(F)(F)F)c(Nc3ccc([N+](=O)[O-])cc3)n2)cc1. The zero-order chi connectivity index (χ0) is 96.5. The first-order chi connectivity index (χ1) is 63.5. The highest BCUT2D eigenvalue weighted by atomic mass is 35.5. The number of hydrogen-bond acceptors (Lipinski definition) is 29. The minimum absolute atomic E-state index is 0.0330. The maximum Gasteiger partial charge on any atom is 0.421 e. The second-order valence-corrected chi connectivity index (χ2v) is 48.5. The van der Waals surface area contributed by atoms with Gasteiger partial charge in [-0.15, -0.1) is 11.3 Å². The third-order valence-electron chi connectivity index (χ3n) is 22.2. The lowest BCUT2D eigenvalue weighted by molar-refractivity contribution is -0.384. The Kier molecular flexibility index (Phi) is 33.8. The Bertz CT molecular complexity index is 6260. The van der Waals surface area contributed by atoms with Crippen LogP contribution in [0.2, 0.25) is 10.0 Å². The van der Waals surface area contributed by atoms with Crippen molar-refractivity contribution in [3.05, 3.63) is 253 Å². The first-order valence-electron chi connectivity index (χ1n) is 42.5. The molecule has 29 nitrogen and oxygen atoms in total. The number of nitrogens with zero attached hydrogens (tertiary/aromatic N) is 12. The second-order valence-electron chi connectivity index (χ2n) is 33.4.